The van der Waals surface area contributed by atoms with Gasteiger partial charge < -0.3 is 10.7 Å². The Balaban J connectivity index is 2.11. The van der Waals surface area contributed by atoms with Crippen LogP contribution in [0.1, 0.15) is 11.3 Å². The molecule has 1 aromatic carbocycles. The SMILES string of the molecule is NCc1ccc(F)cc1S(=O)(=O)NCCc1cnc[nH]1. The average molecular weight is 298 g/mol. The minimum absolute atomic E-state index is 0.0249. The van der Waals surface area contributed by atoms with Crippen LogP contribution in [0.2, 0.25) is 0 Å². The highest BCUT2D eigenvalue weighted by atomic mass is 32.2. The lowest BCUT2D eigenvalue weighted by Gasteiger charge is -2.10. The van der Waals surface area contributed by atoms with E-state index in [9.17, 15) is 12.8 Å². The van der Waals surface area contributed by atoms with Gasteiger partial charge in [-0.1, -0.05) is 6.07 Å². The molecule has 2 aromatic rings. The van der Waals surface area contributed by atoms with Gasteiger partial charge in [-0.25, -0.2) is 22.5 Å². The largest absolute Gasteiger partial charge is 0.348 e. The Bertz CT molecular complexity index is 671. The molecule has 0 unspecified atom stereocenters. The number of benzene rings is 1. The third-order valence-corrected chi connectivity index (χ3v) is 4.32. The highest BCUT2D eigenvalue weighted by Crippen LogP contribution is 2.16. The fourth-order valence-corrected chi connectivity index (χ4v) is 3.06. The lowest BCUT2D eigenvalue weighted by molar-refractivity contribution is 0.575. The second kappa shape index (κ2) is 6.12. The first kappa shape index (κ1) is 14.6. The lowest BCUT2D eigenvalue weighted by Crippen LogP contribution is -2.27. The quantitative estimate of drug-likeness (QED) is 0.724. The van der Waals surface area contributed by atoms with E-state index in [0.29, 0.717) is 12.0 Å². The summed E-state index contributed by atoms with van der Waals surface area (Å²) in [5.41, 5.74) is 6.66. The minimum atomic E-state index is -3.78. The molecule has 8 heteroatoms. The third kappa shape index (κ3) is 3.41. The van der Waals surface area contributed by atoms with Crippen LogP contribution in [0.5, 0.6) is 0 Å². The van der Waals surface area contributed by atoms with Crippen molar-refractivity contribution in [2.24, 2.45) is 5.73 Å². The molecule has 2 rings (SSSR count). The number of hydrogen-bond donors (Lipinski definition) is 3. The number of rotatable bonds is 6. The van der Waals surface area contributed by atoms with Gasteiger partial charge >= 0.3 is 0 Å². The molecule has 1 aromatic heterocycles. The van der Waals surface area contributed by atoms with Gasteiger partial charge in [0.25, 0.3) is 0 Å². The number of imidazole rings is 1. The van der Waals surface area contributed by atoms with Crippen LogP contribution in [0.25, 0.3) is 0 Å². The number of nitrogens with zero attached hydrogens (tertiary/aromatic N) is 1. The van der Waals surface area contributed by atoms with Crippen molar-refractivity contribution in [3.63, 3.8) is 0 Å². The van der Waals surface area contributed by atoms with Gasteiger partial charge in [0.2, 0.25) is 10.0 Å². The summed E-state index contributed by atoms with van der Waals surface area (Å²) in [6, 6.07) is 3.53. The molecule has 0 spiro atoms. The van der Waals surface area contributed by atoms with Crippen LogP contribution >= 0.6 is 0 Å². The summed E-state index contributed by atoms with van der Waals surface area (Å²) in [6.45, 7) is 0.210. The van der Waals surface area contributed by atoms with Crippen molar-refractivity contribution in [3.8, 4) is 0 Å². The van der Waals surface area contributed by atoms with E-state index in [1.165, 1.54) is 18.5 Å². The van der Waals surface area contributed by atoms with E-state index < -0.39 is 15.8 Å². The van der Waals surface area contributed by atoms with E-state index in [4.69, 9.17) is 5.73 Å². The first-order chi connectivity index (χ1) is 9.53. The van der Waals surface area contributed by atoms with E-state index in [0.717, 1.165) is 11.8 Å². The second-order valence-electron chi connectivity index (χ2n) is 4.18. The Morgan fingerprint density at radius 1 is 1.40 bits per heavy atom. The molecule has 0 aliphatic heterocycles. The second-order valence-corrected chi connectivity index (χ2v) is 5.92. The molecular weight excluding hydrogens is 283 g/mol. The molecule has 6 nitrogen and oxygen atoms in total. The van der Waals surface area contributed by atoms with Crippen molar-refractivity contribution in [1.82, 2.24) is 14.7 Å². The van der Waals surface area contributed by atoms with Gasteiger partial charge in [-0.3, -0.25) is 0 Å². The van der Waals surface area contributed by atoms with Crippen molar-refractivity contribution >= 4 is 10.0 Å². The molecule has 1 heterocycles. The average Bonchev–Trinajstić information content (AvgIpc) is 2.91. The van der Waals surface area contributed by atoms with Crippen LogP contribution in [0.4, 0.5) is 4.39 Å². The fourth-order valence-electron chi connectivity index (χ4n) is 1.77. The summed E-state index contributed by atoms with van der Waals surface area (Å²) in [5.74, 6) is -0.615. The monoisotopic (exact) mass is 298 g/mol. The first-order valence-electron chi connectivity index (χ1n) is 5.98. The molecule has 0 saturated heterocycles. The Morgan fingerprint density at radius 3 is 2.85 bits per heavy atom. The number of H-pyrrole nitrogens is 1. The standard InChI is InChI=1S/C12H15FN4O2S/c13-10-2-1-9(6-14)12(5-10)20(18,19)17-4-3-11-7-15-8-16-11/h1-2,5,7-8,17H,3-4,6,14H2,(H,15,16). The van der Waals surface area contributed by atoms with Gasteiger partial charge in [-0.05, 0) is 17.7 Å². The summed E-state index contributed by atoms with van der Waals surface area (Å²) in [4.78, 5) is 6.58. The van der Waals surface area contributed by atoms with E-state index in [2.05, 4.69) is 14.7 Å². The maximum atomic E-state index is 13.2. The predicted octanol–water partition coefficient (Wildman–Crippen LogP) is 0.528. The van der Waals surface area contributed by atoms with Crippen molar-refractivity contribution in [2.45, 2.75) is 17.9 Å². The molecule has 0 bridgehead atoms. The Labute approximate surface area is 116 Å². The Kier molecular flexibility index (Phi) is 4.48. The zero-order chi connectivity index (χ0) is 14.6. The Hall–Kier alpha value is -1.77. The van der Waals surface area contributed by atoms with Crippen molar-refractivity contribution in [2.75, 3.05) is 6.54 Å². The highest BCUT2D eigenvalue weighted by Gasteiger charge is 2.18. The molecular formula is C12H15FN4O2S. The minimum Gasteiger partial charge on any atom is -0.348 e. The van der Waals surface area contributed by atoms with E-state index in [1.54, 1.807) is 6.20 Å². The van der Waals surface area contributed by atoms with E-state index in [1.807, 2.05) is 0 Å². The van der Waals surface area contributed by atoms with Gasteiger partial charge in [-0.15, -0.1) is 0 Å². The molecule has 0 saturated carbocycles. The van der Waals surface area contributed by atoms with Crippen LogP contribution in [0.3, 0.4) is 0 Å². The summed E-state index contributed by atoms with van der Waals surface area (Å²) in [6.07, 6.45) is 3.59. The van der Waals surface area contributed by atoms with E-state index in [-0.39, 0.29) is 18.0 Å². The summed E-state index contributed by atoms with van der Waals surface area (Å²) in [5, 5.41) is 0. The highest BCUT2D eigenvalue weighted by molar-refractivity contribution is 7.89. The maximum Gasteiger partial charge on any atom is 0.241 e. The van der Waals surface area contributed by atoms with Gasteiger partial charge in [0, 0.05) is 31.4 Å². The molecule has 0 aliphatic rings. The number of aromatic amines is 1. The first-order valence-corrected chi connectivity index (χ1v) is 7.46. The molecule has 0 atom stereocenters. The molecule has 0 amide bonds. The summed E-state index contributed by atoms with van der Waals surface area (Å²) >= 11 is 0. The molecule has 108 valence electrons. The number of hydrogen-bond acceptors (Lipinski definition) is 4. The van der Waals surface area contributed by atoms with Crippen LogP contribution < -0.4 is 10.5 Å². The van der Waals surface area contributed by atoms with Crippen LogP contribution in [0.15, 0.2) is 35.6 Å². The number of sulfonamides is 1. The third-order valence-electron chi connectivity index (χ3n) is 2.78. The number of halogens is 1. The molecule has 0 fully saturated rings. The van der Waals surface area contributed by atoms with Gasteiger partial charge in [0.05, 0.1) is 11.2 Å². The number of aromatic nitrogens is 2. The summed E-state index contributed by atoms with van der Waals surface area (Å²) in [7, 11) is -3.78. The molecule has 0 radical (unpaired) electrons. The Morgan fingerprint density at radius 2 is 2.20 bits per heavy atom. The number of nitrogens with one attached hydrogen (secondary N) is 2. The molecule has 4 N–H and O–H groups in total. The van der Waals surface area contributed by atoms with Crippen molar-refractivity contribution in [3.05, 3.63) is 47.8 Å². The predicted molar refractivity (Wildman–Crippen MR) is 71.8 cm³/mol. The fraction of sp³-hybridized carbons (Fsp3) is 0.250. The normalized spacial score (nSPS) is 11.7. The van der Waals surface area contributed by atoms with Gasteiger partial charge in [0.15, 0.2) is 0 Å². The van der Waals surface area contributed by atoms with Gasteiger partial charge in [-0.2, -0.15) is 0 Å². The maximum absolute atomic E-state index is 13.2. The topological polar surface area (TPSA) is 101 Å². The zero-order valence-corrected chi connectivity index (χ0v) is 11.5. The molecule has 20 heavy (non-hydrogen) atoms. The van der Waals surface area contributed by atoms with Crippen molar-refractivity contribution in [1.29, 1.82) is 0 Å². The summed E-state index contributed by atoms with van der Waals surface area (Å²) < 4.78 is 39.9. The number of nitrogens with two attached hydrogens (primary N) is 1. The van der Waals surface area contributed by atoms with E-state index >= 15 is 0 Å². The van der Waals surface area contributed by atoms with Crippen LogP contribution in [-0.2, 0) is 23.0 Å². The van der Waals surface area contributed by atoms with Crippen LogP contribution in [0, 0.1) is 5.82 Å². The lowest BCUT2D eigenvalue weighted by atomic mass is 10.2. The van der Waals surface area contributed by atoms with Crippen LogP contribution in [-0.4, -0.2) is 24.9 Å². The smallest absolute Gasteiger partial charge is 0.241 e. The van der Waals surface area contributed by atoms with Gasteiger partial charge in [0.1, 0.15) is 5.82 Å². The van der Waals surface area contributed by atoms with Crippen molar-refractivity contribution < 1.29 is 12.8 Å². The molecule has 0 aliphatic carbocycles. The zero-order valence-electron chi connectivity index (χ0n) is 10.6.